The van der Waals surface area contributed by atoms with Crippen LogP contribution in [0.3, 0.4) is 0 Å². The fourth-order valence-electron chi connectivity index (χ4n) is 7.59. The first-order chi connectivity index (χ1) is 27.1. The summed E-state index contributed by atoms with van der Waals surface area (Å²) in [6, 6.07) is 54.7. The molecule has 0 N–H and O–H groups in total. The summed E-state index contributed by atoms with van der Waals surface area (Å²) in [6.07, 6.45) is 3.67. The third-order valence-corrected chi connectivity index (χ3v) is 10.1. The van der Waals surface area contributed by atoms with Crippen molar-refractivity contribution in [3.63, 3.8) is 0 Å². The van der Waals surface area contributed by atoms with Crippen molar-refractivity contribution < 1.29 is 4.74 Å². The minimum Gasteiger partial charge on any atom is -0.457 e. The van der Waals surface area contributed by atoms with E-state index in [4.69, 9.17) is 21.3 Å². The third-order valence-electron chi connectivity index (χ3n) is 10.1. The highest BCUT2D eigenvalue weighted by Crippen LogP contribution is 2.39. The highest BCUT2D eigenvalue weighted by molar-refractivity contribution is 6.11. The number of hydrogen-bond acceptors (Lipinski definition) is 4. The Labute approximate surface area is 316 Å². The van der Waals surface area contributed by atoms with Crippen molar-refractivity contribution in [3.05, 3.63) is 187 Å². The van der Waals surface area contributed by atoms with Gasteiger partial charge in [0.25, 0.3) is 0 Å². The number of hydrogen-bond donors (Lipinski definition) is 0. The molecule has 0 bridgehead atoms. The summed E-state index contributed by atoms with van der Waals surface area (Å²) in [5.41, 5.74) is 9.19. The first kappa shape index (κ1) is 31.7. The van der Waals surface area contributed by atoms with Gasteiger partial charge in [-0.15, -0.1) is 0 Å². The SMILES string of the molecule is [C-]#[N+]c1ccc2c(c1)c1ccc(Oc3ccc4c5cc(C#N)ccc5n(-c5cc(-c6ccccc6)ccn5)c4c3)cc1n2-c1cc(-c2ccccc2)ccn1. The van der Waals surface area contributed by atoms with Crippen molar-refractivity contribution in [1.82, 2.24) is 19.1 Å². The lowest BCUT2D eigenvalue weighted by atomic mass is 10.1. The number of ether oxygens (including phenoxy) is 1. The predicted octanol–water partition coefficient (Wildman–Crippen LogP) is 12.2. The maximum absolute atomic E-state index is 9.76. The van der Waals surface area contributed by atoms with E-state index >= 15 is 0 Å². The Morgan fingerprint density at radius 3 is 1.55 bits per heavy atom. The van der Waals surface area contributed by atoms with Crippen molar-refractivity contribution in [2.75, 3.05) is 0 Å². The van der Waals surface area contributed by atoms with Gasteiger partial charge in [-0.1, -0.05) is 66.7 Å². The van der Waals surface area contributed by atoms with Crippen LogP contribution >= 0.6 is 0 Å². The van der Waals surface area contributed by atoms with Crippen LogP contribution in [0, 0.1) is 17.9 Å². The normalized spacial score (nSPS) is 11.2. The first-order valence-corrected chi connectivity index (χ1v) is 17.8. The quantitative estimate of drug-likeness (QED) is 0.162. The molecule has 0 unspecified atom stereocenters. The van der Waals surface area contributed by atoms with Crippen LogP contribution < -0.4 is 4.74 Å². The number of pyridine rings is 2. The molecule has 55 heavy (non-hydrogen) atoms. The Balaban J connectivity index is 1.12. The van der Waals surface area contributed by atoms with E-state index in [9.17, 15) is 5.26 Å². The molecule has 0 aliphatic rings. The van der Waals surface area contributed by atoms with Gasteiger partial charge in [-0.05, 0) is 107 Å². The van der Waals surface area contributed by atoms with Crippen LogP contribution in [0.1, 0.15) is 5.56 Å². The molecule has 10 aromatic rings. The number of benzene rings is 6. The number of nitriles is 1. The molecule has 0 saturated heterocycles. The van der Waals surface area contributed by atoms with Gasteiger partial charge in [-0.2, -0.15) is 5.26 Å². The van der Waals surface area contributed by atoms with E-state index in [1.165, 1.54) is 0 Å². The Morgan fingerprint density at radius 1 is 0.491 bits per heavy atom. The van der Waals surface area contributed by atoms with Crippen molar-refractivity contribution in [3.8, 4) is 51.5 Å². The van der Waals surface area contributed by atoms with E-state index in [1.807, 2.05) is 128 Å². The van der Waals surface area contributed by atoms with Gasteiger partial charge in [0, 0.05) is 40.7 Å². The smallest absolute Gasteiger partial charge is 0.188 e. The van der Waals surface area contributed by atoms with Crippen LogP contribution in [0.25, 0.3) is 82.3 Å². The van der Waals surface area contributed by atoms with Gasteiger partial charge in [0.2, 0.25) is 0 Å². The Morgan fingerprint density at radius 2 is 1.02 bits per heavy atom. The molecule has 4 aromatic heterocycles. The van der Waals surface area contributed by atoms with Gasteiger partial charge in [-0.3, -0.25) is 9.13 Å². The molecule has 10 rings (SSSR count). The fraction of sp³-hybridized carbons (Fsp3) is 0. The Hall–Kier alpha value is -8.00. The molecule has 6 aromatic carbocycles. The van der Waals surface area contributed by atoms with Crippen LogP contribution in [0.5, 0.6) is 11.5 Å². The highest BCUT2D eigenvalue weighted by atomic mass is 16.5. The number of fused-ring (bicyclic) bond motifs is 6. The molecule has 0 saturated carbocycles. The summed E-state index contributed by atoms with van der Waals surface area (Å²) in [5.74, 6) is 2.83. The van der Waals surface area contributed by atoms with Crippen LogP contribution in [0.4, 0.5) is 5.69 Å². The van der Waals surface area contributed by atoms with Crippen molar-refractivity contribution in [2.24, 2.45) is 0 Å². The molecular formula is C48H28N6O. The largest absolute Gasteiger partial charge is 0.457 e. The van der Waals surface area contributed by atoms with Crippen molar-refractivity contribution in [2.45, 2.75) is 0 Å². The predicted molar refractivity (Wildman–Crippen MR) is 219 cm³/mol. The second kappa shape index (κ2) is 12.9. The van der Waals surface area contributed by atoms with E-state index < -0.39 is 0 Å². The number of rotatable bonds is 6. The van der Waals surface area contributed by atoms with Gasteiger partial charge in [0.15, 0.2) is 5.69 Å². The molecule has 0 fully saturated rings. The third kappa shape index (κ3) is 5.44. The summed E-state index contributed by atoms with van der Waals surface area (Å²) < 4.78 is 10.9. The maximum atomic E-state index is 9.76. The van der Waals surface area contributed by atoms with Crippen LogP contribution in [-0.2, 0) is 0 Å². The average molecular weight is 705 g/mol. The van der Waals surface area contributed by atoms with Gasteiger partial charge < -0.3 is 4.74 Å². The monoisotopic (exact) mass is 704 g/mol. The summed E-state index contributed by atoms with van der Waals surface area (Å²) in [4.78, 5) is 13.4. The van der Waals surface area contributed by atoms with Gasteiger partial charge in [-0.25, -0.2) is 14.8 Å². The average Bonchev–Trinajstić information content (AvgIpc) is 3.75. The van der Waals surface area contributed by atoms with Crippen LogP contribution in [0.15, 0.2) is 170 Å². The molecule has 0 spiro atoms. The summed E-state index contributed by atoms with van der Waals surface area (Å²) in [6.45, 7) is 7.68. The van der Waals surface area contributed by atoms with E-state index in [-0.39, 0.29) is 0 Å². The minimum atomic E-state index is 0.576. The fourth-order valence-corrected chi connectivity index (χ4v) is 7.59. The molecule has 7 heteroatoms. The first-order valence-electron chi connectivity index (χ1n) is 17.8. The van der Waals surface area contributed by atoms with E-state index in [2.05, 4.69) is 62.5 Å². The van der Waals surface area contributed by atoms with Gasteiger partial charge in [0.1, 0.15) is 23.1 Å². The molecule has 4 heterocycles. The van der Waals surface area contributed by atoms with E-state index in [0.29, 0.717) is 22.7 Å². The number of aromatic nitrogens is 4. The molecule has 256 valence electrons. The number of nitrogens with zero attached hydrogens (tertiary/aromatic N) is 6. The summed E-state index contributed by atoms with van der Waals surface area (Å²) >= 11 is 0. The zero-order valence-electron chi connectivity index (χ0n) is 29.3. The molecule has 0 atom stereocenters. The van der Waals surface area contributed by atoms with E-state index in [0.717, 1.165) is 77.5 Å². The lowest BCUT2D eigenvalue weighted by Crippen LogP contribution is -1.98. The maximum Gasteiger partial charge on any atom is 0.188 e. The standard InChI is InChI=1S/C48H28N6O/c1-50-36-13-19-44-42(27-36)40-17-15-38(29-46(40)54(44)48-26-35(21-23-52-48)33-10-6-3-7-11-33)55-37-14-16-39-41-24-31(30-49)12-18-43(41)53(45(39)28-37)47-25-34(20-22-51-47)32-8-4-2-5-9-32/h2-29H. The lowest BCUT2D eigenvalue weighted by Gasteiger charge is -2.12. The molecule has 0 aliphatic heterocycles. The summed E-state index contributed by atoms with van der Waals surface area (Å²) in [7, 11) is 0. The minimum absolute atomic E-state index is 0.576. The zero-order chi connectivity index (χ0) is 36.9. The van der Waals surface area contributed by atoms with Gasteiger partial charge >= 0.3 is 0 Å². The van der Waals surface area contributed by atoms with Crippen molar-refractivity contribution >= 4 is 49.3 Å². The van der Waals surface area contributed by atoms with Crippen molar-refractivity contribution in [1.29, 1.82) is 5.26 Å². The summed E-state index contributed by atoms with van der Waals surface area (Å²) in [5, 5.41) is 13.7. The highest BCUT2D eigenvalue weighted by Gasteiger charge is 2.18. The second-order valence-electron chi connectivity index (χ2n) is 13.3. The molecule has 0 radical (unpaired) electrons. The lowest BCUT2D eigenvalue weighted by molar-refractivity contribution is 0.484. The molecule has 0 amide bonds. The molecule has 7 nitrogen and oxygen atoms in total. The molecular weight excluding hydrogens is 677 g/mol. The second-order valence-corrected chi connectivity index (χ2v) is 13.3. The topological polar surface area (TPSA) is 73.0 Å². The van der Waals surface area contributed by atoms with Gasteiger partial charge in [0.05, 0.1) is 40.3 Å². The van der Waals surface area contributed by atoms with Crippen LogP contribution in [0.2, 0.25) is 0 Å². The Bertz CT molecular complexity index is 2990. The van der Waals surface area contributed by atoms with Crippen LogP contribution in [-0.4, -0.2) is 19.1 Å². The Kier molecular flexibility index (Phi) is 7.43. The molecule has 0 aliphatic carbocycles. The van der Waals surface area contributed by atoms with E-state index in [1.54, 1.807) is 0 Å². The zero-order valence-corrected chi connectivity index (χ0v) is 29.3.